The summed E-state index contributed by atoms with van der Waals surface area (Å²) in [5.74, 6) is 1.32. The second-order valence-corrected chi connectivity index (χ2v) is 6.76. The summed E-state index contributed by atoms with van der Waals surface area (Å²) in [6, 6.07) is 24.8. The molecule has 0 saturated carbocycles. The van der Waals surface area contributed by atoms with Crippen LogP contribution in [0.4, 0.5) is 0 Å². The SMILES string of the molecule is O=C(c1ccccc1)N1N=C(c2ccccc2)C[C@@H]1c1ccc2c(c1)OCO2. The third kappa shape index (κ3) is 2.91. The van der Waals surface area contributed by atoms with Gasteiger partial charge in [-0.05, 0) is 35.4 Å². The van der Waals surface area contributed by atoms with E-state index in [1.54, 1.807) is 5.01 Å². The van der Waals surface area contributed by atoms with Gasteiger partial charge >= 0.3 is 0 Å². The number of carbonyl (C=O) groups is 1. The Morgan fingerprint density at radius 2 is 1.61 bits per heavy atom. The van der Waals surface area contributed by atoms with Gasteiger partial charge in [-0.25, -0.2) is 5.01 Å². The van der Waals surface area contributed by atoms with Gasteiger partial charge in [0, 0.05) is 12.0 Å². The zero-order valence-electron chi connectivity index (χ0n) is 15.1. The number of benzene rings is 3. The number of hydrazone groups is 1. The van der Waals surface area contributed by atoms with Crippen LogP contribution in [0, 0.1) is 0 Å². The number of nitrogens with zero attached hydrogens (tertiary/aromatic N) is 2. The molecule has 0 fully saturated rings. The molecule has 0 N–H and O–H groups in total. The Morgan fingerprint density at radius 3 is 2.39 bits per heavy atom. The van der Waals surface area contributed by atoms with E-state index in [0.717, 1.165) is 22.6 Å². The molecule has 0 aliphatic carbocycles. The summed E-state index contributed by atoms with van der Waals surface area (Å²) < 4.78 is 10.9. The summed E-state index contributed by atoms with van der Waals surface area (Å²) in [6.45, 7) is 0.224. The lowest BCUT2D eigenvalue weighted by molar-refractivity contribution is 0.0711. The van der Waals surface area contributed by atoms with E-state index in [4.69, 9.17) is 14.6 Å². The first-order valence-corrected chi connectivity index (χ1v) is 9.21. The van der Waals surface area contributed by atoms with E-state index in [0.29, 0.717) is 17.7 Å². The summed E-state index contributed by atoms with van der Waals surface area (Å²) in [7, 11) is 0. The first kappa shape index (κ1) is 16.6. The number of rotatable bonds is 3. The molecule has 2 heterocycles. The number of carbonyl (C=O) groups excluding carboxylic acids is 1. The number of hydrogen-bond acceptors (Lipinski definition) is 4. The van der Waals surface area contributed by atoms with Crippen molar-refractivity contribution in [2.45, 2.75) is 12.5 Å². The minimum atomic E-state index is -0.197. The average Bonchev–Trinajstić information content (AvgIpc) is 3.41. The van der Waals surface area contributed by atoms with Gasteiger partial charge < -0.3 is 9.47 Å². The van der Waals surface area contributed by atoms with E-state index in [1.165, 1.54) is 0 Å². The maximum absolute atomic E-state index is 13.2. The molecule has 2 aliphatic heterocycles. The smallest absolute Gasteiger partial charge is 0.274 e. The summed E-state index contributed by atoms with van der Waals surface area (Å²) >= 11 is 0. The molecule has 5 nitrogen and oxygen atoms in total. The van der Waals surface area contributed by atoms with Gasteiger partial charge in [-0.15, -0.1) is 0 Å². The van der Waals surface area contributed by atoms with Crippen molar-refractivity contribution in [3.63, 3.8) is 0 Å². The number of hydrogen-bond donors (Lipinski definition) is 0. The number of amides is 1. The van der Waals surface area contributed by atoms with Gasteiger partial charge in [0.25, 0.3) is 5.91 Å². The summed E-state index contributed by atoms with van der Waals surface area (Å²) in [6.07, 6.45) is 0.641. The molecular formula is C23H18N2O3. The van der Waals surface area contributed by atoms with Crippen molar-refractivity contribution in [2.24, 2.45) is 5.10 Å². The van der Waals surface area contributed by atoms with E-state index in [2.05, 4.69) is 0 Å². The first-order chi connectivity index (χ1) is 13.8. The molecule has 3 aromatic carbocycles. The van der Waals surface area contributed by atoms with Gasteiger partial charge in [-0.2, -0.15) is 5.10 Å². The van der Waals surface area contributed by atoms with Crippen molar-refractivity contribution in [1.29, 1.82) is 0 Å². The van der Waals surface area contributed by atoms with Gasteiger partial charge in [0.15, 0.2) is 11.5 Å². The fraction of sp³-hybridized carbons (Fsp3) is 0.130. The van der Waals surface area contributed by atoms with Crippen LogP contribution in [-0.4, -0.2) is 23.4 Å². The van der Waals surface area contributed by atoms with Crippen LogP contribution >= 0.6 is 0 Å². The van der Waals surface area contributed by atoms with Crippen LogP contribution in [0.1, 0.15) is 33.9 Å². The molecule has 28 heavy (non-hydrogen) atoms. The highest BCUT2D eigenvalue weighted by molar-refractivity contribution is 6.05. The van der Waals surface area contributed by atoms with E-state index in [9.17, 15) is 4.79 Å². The molecule has 0 saturated heterocycles. The Balaban J connectivity index is 1.54. The van der Waals surface area contributed by atoms with Gasteiger partial charge in [0.1, 0.15) is 0 Å². The van der Waals surface area contributed by atoms with Crippen LogP contribution in [0.15, 0.2) is 84.0 Å². The quantitative estimate of drug-likeness (QED) is 0.686. The summed E-state index contributed by atoms with van der Waals surface area (Å²) in [4.78, 5) is 13.2. The van der Waals surface area contributed by atoms with Crippen molar-refractivity contribution >= 4 is 11.6 Å². The molecule has 0 unspecified atom stereocenters. The molecule has 0 radical (unpaired) electrons. The maximum atomic E-state index is 13.2. The van der Waals surface area contributed by atoms with Crippen LogP contribution in [0.2, 0.25) is 0 Å². The van der Waals surface area contributed by atoms with Crippen molar-refractivity contribution in [3.8, 4) is 11.5 Å². The van der Waals surface area contributed by atoms with E-state index in [-0.39, 0.29) is 18.7 Å². The zero-order chi connectivity index (χ0) is 18.9. The highest BCUT2D eigenvalue weighted by Gasteiger charge is 2.34. The molecule has 1 atom stereocenters. The Hall–Kier alpha value is -3.60. The fourth-order valence-electron chi connectivity index (χ4n) is 3.60. The van der Waals surface area contributed by atoms with Crippen LogP contribution in [0.3, 0.4) is 0 Å². The van der Waals surface area contributed by atoms with Crippen LogP contribution in [0.5, 0.6) is 11.5 Å². The summed E-state index contributed by atoms with van der Waals surface area (Å²) in [5, 5.41) is 6.31. The van der Waals surface area contributed by atoms with E-state index < -0.39 is 0 Å². The highest BCUT2D eigenvalue weighted by Crippen LogP contribution is 2.39. The second kappa shape index (κ2) is 6.85. The normalized spacial score (nSPS) is 17.5. The molecule has 5 heteroatoms. The molecule has 0 spiro atoms. The lowest BCUT2D eigenvalue weighted by atomic mass is 9.98. The molecule has 0 bridgehead atoms. The highest BCUT2D eigenvalue weighted by atomic mass is 16.7. The molecule has 2 aliphatic rings. The molecule has 5 rings (SSSR count). The average molecular weight is 370 g/mol. The Bertz CT molecular complexity index is 1050. The summed E-state index contributed by atoms with van der Waals surface area (Å²) in [5.41, 5.74) is 3.51. The van der Waals surface area contributed by atoms with E-state index >= 15 is 0 Å². The van der Waals surface area contributed by atoms with Crippen molar-refractivity contribution in [3.05, 3.63) is 95.6 Å². The Labute approximate surface area is 162 Å². The lowest BCUT2D eigenvalue weighted by Crippen LogP contribution is -2.27. The molecular weight excluding hydrogens is 352 g/mol. The second-order valence-electron chi connectivity index (χ2n) is 6.76. The predicted octanol–water partition coefficient (Wildman–Crippen LogP) is 4.41. The predicted molar refractivity (Wildman–Crippen MR) is 106 cm³/mol. The van der Waals surface area contributed by atoms with Crippen molar-refractivity contribution in [2.75, 3.05) is 6.79 Å². The minimum Gasteiger partial charge on any atom is -0.454 e. The minimum absolute atomic E-state index is 0.116. The number of fused-ring (bicyclic) bond motifs is 1. The monoisotopic (exact) mass is 370 g/mol. The number of ether oxygens (including phenoxy) is 2. The molecule has 3 aromatic rings. The molecule has 1 amide bonds. The van der Waals surface area contributed by atoms with Gasteiger partial charge in [-0.3, -0.25) is 4.79 Å². The van der Waals surface area contributed by atoms with Gasteiger partial charge in [0.05, 0.1) is 11.8 Å². The standard InChI is InChI=1S/C23H18N2O3/c26-23(17-9-5-2-6-10-17)25-20(14-19(24-25)16-7-3-1-4-8-16)18-11-12-21-22(13-18)28-15-27-21/h1-13,20H,14-15H2/t20-/m1/s1. The fourth-order valence-corrected chi connectivity index (χ4v) is 3.60. The third-order valence-electron chi connectivity index (χ3n) is 5.03. The topological polar surface area (TPSA) is 51.1 Å². The van der Waals surface area contributed by atoms with Gasteiger partial charge in [0.2, 0.25) is 6.79 Å². The van der Waals surface area contributed by atoms with Crippen LogP contribution in [0.25, 0.3) is 0 Å². The Kier molecular flexibility index (Phi) is 4.05. The third-order valence-corrected chi connectivity index (χ3v) is 5.03. The lowest BCUT2D eigenvalue weighted by Gasteiger charge is -2.22. The van der Waals surface area contributed by atoms with Crippen LogP contribution < -0.4 is 9.47 Å². The van der Waals surface area contributed by atoms with Crippen LogP contribution in [-0.2, 0) is 0 Å². The van der Waals surface area contributed by atoms with Crippen molar-refractivity contribution in [1.82, 2.24) is 5.01 Å². The first-order valence-electron chi connectivity index (χ1n) is 9.21. The molecule has 138 valence electrons. The molecule has 0 aromatic heterocycles. The van der Waals surface area contributed by atoms with Crippen molar-refractivity contribution < 1.29 is 14.3 Å². The van der Waals surface area contributed by atoms with Gasteiger partial charge in [-0.1, -0.05) is 54.6 Å². The largest absolute Gasteiger partial charge is 0.454 e. The maximum Gasteiger partial charge on any atom is 0.274 e. The van der Waals surface area contributed by atoms with E-state index in [1.807, 2.05) is 78.9 Å². The zero-order valence-corrected chi connectivity index (χ0v) is 15.1. The Morgan fingerprint density at radius 1 is 0.893 bits per heavy atom.